The van der Waals surface area contributed by atoms with E-state index in [4.69, 9.17) is 4.74 Å². The predicted molar refractivity (Wildman–Crippen MR) is 123 cm³/mol. The molecule has 1 heterocycles. The molecule has 0 fully saturated rings. The van der Waals surface area contributed by atoms with E-state index in [9.17, 15) is 9.59 Å². The number of fused-ring (bicyclic) bond motifs is 1. The first-order valence-electron chi connectivity index (χ1n) is 9.66. The van der Waals surface area contributed by atoms with Crippen molar-refractivity contribution in [3.63, 3.8) is 0 Å². The van der Waals surface area contributed by atoms with Gasteiger partial charge in [0.25, 0.3) is 0 Å². The number of hydrogen-bond donors (Lipinski definition) is 2. The number of hydrogen-bond acceptors (Lipinski definition) is 6. The summed E-state index contributed by atoms with van der Waals surface area (Å²) in [6, 6.07) is 13.6. The van der Waals surface area contributed by atoms with Gasteiger partial charge in [-0.2, -0.15) is 0 Å². The molecule has 0 bridgehead atoms. The Kier molecular flexibility index (Phi) is 7.70. The average molecular weight is 444 g/mol. The van der Waals surface area contributed by atoms with E-state index in [0.29, 0.717) is 12.1 Å². The molecule has 158 valence electrons. The minimum absolute atomic E-state index is 0.0354. The van der Waals surface area contributed by atoms with Crippen molar-refractivity contribution in [2.75, 3.05) is 19.0 Å². The third-order valence-electron chi connectivity index (χ3n) is 4.24. The lowest BCUT2D eigenvalue weighted by molar-refractivity contribution is -0.124. The van der Waals surface area contributed by atoms with Crippen molar-refractivity contribution in [2.45, 2.75) is 30.4 Å². The maximum atomic E-state index is 12.1. The second kappa shape index (κ2) is 10.4. The maximum Gasteiger partial charge on any atom is 0.243 e. The van der Waals surface area contributed by atoms with Crippen LogP contribution in [0, 0.1) is 5.92 Å². The first kappa shape index (κ1) is 22.1. The summed E-state index contributed by atoms with van der Waals surface area (Å²) in [6.45, 7) is 3.89. The van der Waals surface area contributed by atoms with Crippen molar-refractivity contribution < 1.29 is 14.3 Å². The summed E-state index contributed by atoms with van der Waals surface area (Å²) in [4.78, 5) is 28.5. The first-order chi connectivity index (χ1) is 14.4. The quantitative estimate of drug-likeness (QED) is 0.469. The number of benzene rings is 2. The van der Waals surface area contributed by atoms with E-state index in [1.165, 1.54) is 0 Å². The molecule has 0 aliphatic rings. The van der Waals surface area contributed by atoms with Crippen LogP contribution >= 0.6 is 23.1 Å². The third-order valence-corrected chi connectivity index (χ3v) is 6.45. The lowest BCUT2D eigenvalue weighted by Gasteiger charge is -2.08. The number of thioether (sulfide) groups is 1. The standard InChI is InChI=1S/C22H25N3O3S2/c1-14(2)10-20(26)23-12-21(27)24-16-8-9-17-19(11-16)30-22(25-17)29-13-15-6-4-5-7-18(15)28-3/h4-9,11,14H,10,12-13H2,1-3H3,(H,23,26)(H,24,27). The van der Waals surface area contributed by atoms with Crippen LogP contribution in [0.5, 0.6) is 5.75 Å². The van der Waals surface area contributed by atoms with Gasteiger partial charge in [0, 0.05) is 23.4 Å². The Morgan fingerprint density at radius 1 is 1.17 bits per heavy atom. The number of aromatic nitrogens is 1. The van der Waals surface area contributed by atoms with E-state index >= 15 is 0 Å². The molecule has 0 unspecified atom stereocenters. The zero-order valence-electron chi connectivity index (χ0n) is 17.2. The van der Waals surface area contributed by atoms with Crippen molar-refractivity contribution in [3.05, 3.63) is 48.0 Å². The van der Waals surface area contributed by atoms with Crippen LogP contribution < -0.4 is 15.4 Å². The zero-order chi connectivity index (χ0) is 21.5. The molecule has 0 saturated carbocycles. The molecule has 30 heavy (non-hydrogen) atoms. The first-order valence-corrected chi connectivity index (χ1v) is 11.5. The number of rotatable bonds is 9. The van der Waals surface area contributed by atoms with E-state index in [1.54, 1.807) is 30.2 Å². The van der Waals surface area contributed by atoms with Gasteiger partial charge in [-0.25, -0.2) is 4.98 Å². The molecule has 3 rings (SSSR count). The Balaban J connectivity index is 1.59. The lowest BCUT2D eigenvalue weighted by atomic mass is 10.1. The van der Waals surface area contributed by atoms with Gasteiger partial charge in [0.1, 0.15) is 5.75 Å². The van der Waals surface area contributed by atoms with Crippen molar-refractivity contribution in [1.29, 1.82) is 0 Å². The summed E-state index contributed by atoms with van der Waals surface area (Å²) in [7, 11) is 1.67. The summed E-state index contributed by atoms with van der Waals surface area (Å²) in [6.07, 6.45) is 0.412. The molecule has 0 saturated heterocycles. The van der Waals surface area contributed by atoms with Gasteiger partial charge in [-0.3, -0.25) is 9.59 Å². The van der Waals surface area contributed by atoms with Crippen LogP contribution in [-0.2, 0) is 15.3 Å². The fraction of sp³-hybridized carbons (Fsp3) is 0.318. The van der Waals surface area contributed by atoms with Crippen molar-refractivity contribution in [3.8, 4) is 5.75 Å². The van der Waals surface area contributed by atoms with Gasteiger partial charge in [0.15, 0.2) is 4.34 Å². The highest BCUT2D eigenvalue weighted by Crippen LogP contribution is 2.34. The molecular weight excluding hydrogens is 418 g/mol. The normalized spacial score (nSPS) is 10.9. The van der Waals surface area contributed by atoms with Gasteiger partial charge in [0.2, 0.25) is 11.8 Å². The maximum absolute atomic E-state index is 12.1. The van der Waals surface area contributed by atoms with Crippen molar-refractivity contribution >= 4 is 50.8 Å². The largest absolute Gasteiger partial charge is 0.496 e. The smallest absolute Gasteiger partial charge is 0.243 e. The molecule has 3 aromatic rings. The van der Waals surface area contributed by atoms with Crippen LogP contribution in [0.25, 0.3) is 10.2 Å². The molecule has 0 aliphatic carbocycles. The molecule has 8 heteroatoms. The van der Waals surface area contributed by atoms with Crippen LogP contribution in [-0.4, -0.2) is 30.5 Å². The molecule has 0 radical (unpaired) electrons. The van der Waals surface area contributed by atoms with Crippen molar-refractivity contribution in [2.24, 2.45) is 5.92 Å². The van der Waals surface area contributed by atoms with E-state index < -0.39 is 0 Å². The molecular formula is C22H25N3O3S2. The number of anilines is 1. The number of methoxy groups -OCH3 is 1. The summed E-state index contributed by atoms with van der Waals surface area (Å²) >= 11 is 3.24. The molecule has 0 atom stereocenters. The molecule has 2 aromatic carbocycles. The summed E-state index contributed by atoms with van der Waals surface area (Å²) < 4.78 is 7.36. The van der Waals surface area contributed by atoms with Gasteiger partial charge in [0.05, 0.1) is 23.9 Å². The fourth-order valence-electron chi connectivity index (χ4n) is 2.83. The fourth-order valence-corrected chi connectivity index (χ4v) is 4.93. The second-order valence-corrected chi connectivity index (χ2v) is 9.44. The molecule has 2 N–H and O–H groups in total. The summed E-state index contributed by atoms with van der Waals surface area (Å²) in [5.74, 6) is 1.54. The number of nitrogens with zero attached hydrogens (tertiary/aromatic N) is 1. The van der Waals surface area contributed by atoms with Crippen LogP contribution in [0.4, 0.5) is 5.69 Å². The monoisotopic (exact) mass is 443 g/mol. The topological polar surface area (TPSA) is 80.3 Å². The molecule has 1 aromatic heterocycles. The third kappa shape index (κ3) is 6.21. The average Bonchev–Trinajstić information content (AvgIpc) is 3.12. The Bertz CT molecular complexity index is 1030. The zero-order valence-corrected chi connectivity index (χ0v) is 18.9. The number of para-hydroxylation sites is 1. The minimum Gasteiger partial charge on any atom is -0.496 e. The summed E-state index contributed by atoms with van der Waals surface area (Å²) in [5, 5.41) is 5.47. The molecule has 6 nitrogen and oxygen atoms in total. The molecule has 2 amide bonds. The number of amides is 2. The van der Waals surface area contributed by atoms with Crippen LogP contribution in [0.3, 0.4) is 0 Å². The van der Waals surface area contributed by atoms with E-state index in [2.05, 4.69) is 15.6 Å². The number of carbonyl (C=O) groups is 2. The van der Waals surface area contributed by atoms with Gasteiger partial charge >= 0.3 is 0 Å². The lowest BCUT2D eigenvalue weighted by Crippen LogP contribution is -2.33. The highest BCUT2D eigenvalue weighted by Gasteiger charge is 2.10. The van der Waals surface area contributed by atoms with Gasteiger partial charge in [-0.1, -0.05) is 43.8 Å². The van der Waals surface area contributed by atoms with Gasteiger partial charge < -0.3 is 15.4 Å². The second-order valence-electron chi connectivity index (χ2n) is 7.19. The SMILES string of the molecule is COc1ccccc1CSc1nc2ccc(NC(=O)CNC(=O)CC(C)C)cc2s1. The van der Waals surface area contributed by atoms with Crippen LogP contribution in [0.1, 0.15) is 25.8 Å². The number of carbonyl (C=O) groups excluding carboxylic acids is 2. The minimum atomic E-state index is -0.248. The van der Waals surface area contributed by atoms with Crippen molar-refractivity contribution in [1.82, 2.24) is 10.3 Å². The van der Waals surface area contributed by atoms with Gasteiger partial charge in [-0.15, -0.1) is 11.3 Å². The highest BCUT2D eigenvalue weighted by atomic mass is 32.2. The number of ether oxygens (including phenoxy) is 1. The van der Waals surface area contributed by atoms with Crippen LogP contribution in [0.2, 0.25) is 0 Å². The van der Waals surface area contributed by atoms with E-state index in [-0.39, 0.29) is 24.3 Å². The Morgan fingerprint density at radius 3 is 2.73 bits per heavy atom. The summed E-state index contributed by atoms with van der Waals surface area (Å²) in [5.41, 5.74) is 2.71. The highest BCUT2D eigenvalue weighted by molar-refractivity contribution is 8.00. The molecule has 0 aliphatic heterocycles. The van der Waals surface area contributed by atoms with E-state index in [0.717, 1.165) is 31.6 Å². The number of nitrogens with one attached hydrogen (secondary N) is 2. The Hall–Kier alpha value is -2.58. The Labute approximate surface area is 184 Å². The number of thiazole rings is 1. The van der Waals surface area contributed by atoms with Crippen LogP contribution in [0.15, 0.2) is 46.8 Å². The Morgan fingerprint density at radius 2 is 1.97 bits per heavy atom. The van der Waals surface area contributed by atoms with Gasteiger partial charge in [-0.05, 0) is 30.2 Å². The predicted octanol–water partition coefficient (Wildman–Crippen LogP) is 4.70. The molecule has 0 spiro atoms. The van der Waals surface area contributed by atoms with E-state index in [1.807, 2.05) is 56.3 Å².